The van der Waals surface area contributed by atoms with Gasteiger partial charge in [0.05, 0.1) is 10.8 Å². The molecule has 2 N–H and O–H groups in total. The van der Waals surface area contributed by atoms with E-state index in [0.717, 1.165) is 6.42 Å². The number of likely N-dealkylation sites (tertiary alicyclic amines) is 1. The van der Waals surface area contributed by atoms with Crippen molar-refractivity contribution in [2.75, 3.05) is 13.1 Å². The van der Waals surface area contributed by atoms with Crippen molar-refractivity contribution in [3.63, 3.8) is 0 Å². The molecular weight excluding hydrogens is 338 g/mol. The Morgan fingerprint density at radius 3 is 2.56 bits per heavy atom. The third-order valence-electron chi connectivity index (χ3n) is 4.15. The van der Waals surface area contributed by atoms with Gasteiger partial charge in [-0.05, 0) is 36.4 Å². The normalized spacial score (nSPS) is 17.0. The number of benzene rings is 1. The molecule has 0 radical (unpaired) electrons. The monoisotopic (exact) mass is 357 g/mol. The molecule has 2 heterocycles. The van der Waals surface area contributed by atoms with Crippen molar-refractivity contribution in [2.24, 2.45) is 5.92 Å². The van der Waals surface area contributed by atoms with Crippen LogP contribution in [0.4, 0.5) is 0 Å². The third kappa shape index (κ3) is 4.24. The van der Waals surface area contributed by atoms with Crippen molar-refractivity contribution in [3.8, 4) is 0 Å². The fourth-order valence-electron chi connectivity index (χ4n) is 2.81. The molecule has 1 aliphatic heterocycles. The summed E-state index contributed by atoms with van der Waals surface area (Å²) >= 11 is 1.40. The van der Waals surface area contributed by atoms with Crippen molar-refractivity contribution in [1.82, 2.24) is 15.8 Å². The van der Waals surface area contributed by atoms with E-state index in [4.69, 9.17) is 0 Å². The minimum absolute atomic E-state index is 0.0409. The van der Waals surface area contributed by atoms with Crippen molar-refractivity contribution in [3.05, 3.63) is 58.3 Å². The largest absolute Gasteiger partial charge is 0.337 e. The number of thiophene rings is 1. The first kappa shape index (κ1) is 17.2. The highest BCUT2D eigenvalue weighted by atomic mass is 32.1. The van der Waals surface area contributed by atoms with Crippen LogP contribution in [0, 0.1) is 5.92 Å². The van der Waals surface area contributed by atoms with Crippen LogP contribution >= 0.6 is 11.3 Å². The Kier molecular flexibility index (Phi) is 5.45. The molecule has 0 spiro atoms. The zero-order valence-electron chi connectivity index (χ0n) is 13.6. The molecule has 1 unspecified atom stereocenters. The summed E-state index contributed by atoms with van der Waals surface area (Å²) in [5.74, 6) is -1.00. The van der Waals surface area contributed by atoms with E-state index in [1.807, 2.05) is 17.5 Å². The second kappa shape index (κ2) is 7.94. The van der Waals surface area contributed by atoms with Crippen molar-refractivity contribution in [1.29, 1.82) is 0 Å². The van der Waals surface area contributed by atoms with Gasteiger partial charge >= 0.3 is 0 Å². The van der Waals surface area contributed by atoms with Crippen LogP contribution in [0.2, 0.25) is 0 Å². The molecule has 3 rings (SSSR count). The fourth-order valence-corrected chi connectivity index (χ4v) is 3.50. The molecular formula is C18H19N3O3S. The van der Waals surface area contributed by atoms with E-state index in [1.54, 1.807) is 35.2 Å². The zero-order chi connectivity index (χ0) is 17.6. The van der Waals surface area contributed by atoms with Gasteiger partial charge in [-0.1, -0.05) is 24.3 Å². The number of carbonyl (C=O) groups excluding carboxylic acids is 3. The van der Waals surface area contributed by atoms with E-state index in [-0.39, 0.29) is 23.6 Å². The molecule has 1 fully saturated rings. The first-order chi connectivity index (χ1) is 12.1. The summed E-state index contributed by atoms with van der Waals surface area (Å²) in [6, 6.07) is 12.3. The molecule has 25 heavy (non-hydrogen) atoms. The number of rotatable bonds is 3. The van der Waals surface area contributed by atoms with Crippen LogP contribution in [0.25, 0.3) is 0 Å². The second-order valence-corrected chi connectivity index (χ2v) is 6.82. The number of carbonyl (C=O) groups is 3. The van der Waals surface area contributed by atoms with Gasteiger partial charge in [0.25, 0.3) is 11.8 Å². The molecule has 130 valence electrons. The number of hydrazine groups is 1. The molecule has 7 heteroatoms. The topological polar surface area (TPSA) is 78.5 Å². The second-order valence-electron chi connectivity index (χ2n) is 5.88. The number of amides is 3. The van der Waals surface area contributed by atoms with Crippen LogP contribution in [0.5, 0.6) is 0 Å². The molecule has 6 nitrogen and oxygen atoms in total. The molecule has 1 aliphatic rings. The van der Waals surface area contributed by atoms with Crippen LogP contribution in [-0.4, -0.2) is 35.7 Å². The number of piperidine rings is 1. The Morgan fingerprint density at radius 2 is 1.84 bits per heavy atom. The van der Waals surface area contributed by atoms with Crippen molar-refractivity contribution < 1.29 is 14.4 Å². The summed E-state index contributed by atoms with van der Waals surface area (Å²) < 4.78 is 0. The SMILES string of the molecule is O=C(NNC(=O)C1CCCN(C(=O)c2cccs2)C1)c1ccccc1. The summed E-state index contributed by atoms with van der Waals surface area (Å²) in [6.07, 6.45) is 1.46. The third-order valence-corrected chi connectivity index (χ3v) is 5.00. The number of nitrogens with one attached hydrogen (secondary N) is 2. The fraction of sp³-hybridized carbons (Fsp3) is 0.278. The highest BCUT2D eigenvalue weighted by molar-refractivity contribution is 7.12. The standard InChI is InChI=1S/C18H19N3O3S/c22-16(13-6-2-1-3-7-13)19-20-17(23)14-8-4-10-21(12-14)18(24)15-9-5-11-25-15/h1-3,5-7,9,11,14H,4,8,10,12H2,(H,19,22)(H,20,23). The maximum absolute atomic E-state index is 12.4. The van der Waals surface area contributed by atoms with E-state index in [0.29, 0.717) is 30.0 Å². The summed E-state index contributed by atoms with van der Waals surface area (Å²) in [5, 5.41) is 1.86. The van der Waals surface area contributed by atoms with Crippen LogP contribution in [0.3, 0.4) is 0 Å². The Morgan fingerprint density at radius 1 is 1.04 bits per heavy atom. The molecule has 1 saturated heterocycles. The molecule has 1 aromatic heterocycles. The predicted octanol–water partition coefficient (Wildman–Crippen LogP) is 2.06. The molecule has 0 saturated carbocycles. The van der Waals surface area contributed by atoms with Gasteiger partial charge in [-0.3, -0.25) is 25.2 Å². The van der Waals surface area contributed by atoms with Crippen LogP contribution < -0.4 is 10.9 Å². The minimum atomic E-state index is -0.365. The molecule has 0 bridgehead atoms. The highest BCUT2D eigenvalue weighted by Crippen LogP contribution is 2.20. The quantitative estimate of drug-likeness (QED) is 0.826. The van der Waals surface area contributed by atoms with Crippen molar-refractivity contribution in [2.45, 2.75) is 12.8 Å². The van der Waals surface area contributed by atoms with Gasteiger partial charge in [0.2, 0.25) is 5.91 Å². The Bertz CT molecular complexity index is 746. The lowest BCUT2D eigenvalue weighted by Gasteiger charge is -2.31. The number of nitrogens with zero attached hydrogens (tertiary/aromatic N) is 1. The van der Waals surface area contributed by atoms with Crippen molar-refractivity contribution >= 4 is 29.1 Å². The maximum Gasteiger partial charge on any atom is 0.269 e. The Labute approximate surface area is 149 Å². The smallest absolute Gasteiger partial charge is 0.269 e. The first-order valence-corrected chi connectivity index (χ1v) is 9.01. The Hall–Kier alpha value is -2.67. The predicted molar refractivity (Wildman–Crippen MR) is 95.0 cm³/mol. The molecule has 1 aromatic carbocycles. The maximum atomic E-state index is 12.4. The number of hydrogen-bond acceptors (Lipinski definition) is 4. The number of hydrogen-bond donors (Lipinski definition) is 2. The van der Waals surface area contributed by atoms with E-state index >= 15 is 0 Å². The highest BCUT2D eigenvalue weighted by Gasteiger charge is 2.29. The van der Waals surface area contributed by atoms with Crippen LogP contribution in [0.15, 0.2) is 47.8 Å². The molecule has 3 amide bonds. The summed E-state index contributed by atoms with van der Waals surface area (Å²) in [6.45, 7) is 1.01. The van der Waals surface area contributed by atoms with Gasteiger partial charge in [0, 0.05) is 18.7 Å². The van der Waals surface area contributed by atoms with Gasteiger partial charge < -0.3 is 4.90 Å². The molecule has 2 aromatic rings. The molecule has 1 atom stereocenters. The minimum Gasteiger partial charge on any atom is -0.337 e. The lowest BCUT2D eigenvalue weighted by molar-refractivity contribution is -0.127. The van der Waals surface area contributed by atoms with Gasteiger partial charge in [-0.2, -0.15) is 0 Å². The molecule has 0 aliphatic carbocycles. The van der Waals surface area contributed by atoms with Gasteiger partial charge in [0.1, 0.15) is 0 Å². The van der Waals surface area contributed by atoms with Gasteiger partial charge in [0.15, 0.2) is 0 Å². The average Bonchev–Trinajstić information content (AvgIpc) is 3.20. The van der Waals surface area contributed by atoms with Crippen LogP contribution in [0.1, 0.15) is 32.9 Å². The summed E-state index contributed by atoms with van der Waals surface area (Å²) in [4.78, 5) is 39.1. The lowest BCUT2D eigenvalue weighted by Crippen LogP contribution is -2.50. The van der Waals surface area contributed by atoms with Gasteiger partial charge in [-0.15, -0.1) is 11.3 Å². The van der Waals surface area contributed by atoms with Gasteiger partial charge in [-0.25, -0.2) is 0 Å². The summed E-state index contributed by atoms with van der Waals surface area (Å²) in [7, 11) is 0. The van der Waals surface area contributed by atoms with Crippen LogP contribution in [-0.2, 0) is 4.79 Å². The van der Waals surface area contributed by atoms with E-state index in [1.165, 1.54) is 11.3 Å². The van der Waals surface area contributed by atoms with E-state index in [2.05, 4.69) is 10.9 Å². The summed E-state index contributed by atoms with van der Waals surface area (Å²) in [5.41, 5.74) is 5.37. The lowest BCUT2D eigenvalue weighted by atomic mass is 9.97. The average molecular weight is 357 g/mol. The van der Waals surface area contributed by atoms with E-state index < -0.39 is 0 Å². The first-order valence-electron chi connectivity index (χ1n) is 8.13. The Balaban J connectivity index is 1.53. The van der Waals surface area contributed by atoms with E-state index in [9.17, 15) is 14.4 Å². The zero-order valence-corrected chi connectivity index (χ0v) is 14.4.